The van der Waals surface area contributed by atoms with E-state index in [1.807, 2.05) is 25.1 Å². The van der Waals surface area contributed by atoms with Crippen LogP contribution in [0, 0.1) is 0 Å². The van der Waals surface area contributed by atoms with E-state index in [0.717, 1.165) is 16.7 Å². The zero-order valence-electron chi connectivity index (χ0n) is 9.24. The minimum Gasteiger partial charge on any atom is -0.494 e. The summed E-state index contributed by atoms with van der Waals surface area (Å²) in [6.07, 6.45) is 1.65. The number of carbonyl (C=O) groups excluding carboxylic acids is 1. The molecule has 0 saturated carbocycles. The molecule has 84 valence electrons. The zero-order chi connectivity index (χ0) is 11.5. The minimum absolute atomic E-state index is 0.347. The summed E-state index contributed by atoms with van der Waals surface area (Å²) in [5.74, 6) is 0.402. The molecule has 1 N–H and O–H groups in total. The van der Waals surface area contributed by atoms with Crippen molar-refractivity contribution in [2.75, 3.05) is 13.7 Å². The molecular weight excluding hydrogens is 206 g/mol. The van der Waals surface area contributed by atoms with Crippen molar-refractivity contribution in [3.63, 3.8) is 0 Å². The second-order valence-corrected chi connectivity index (χ2v) is 3.33. The third kappa shape index (κ3) is 1.74. The number of rotatable bonds is 3. The Hall–Kier alpha value is -1.97. The van der Waals surface area contributed by atoms with E-state index in [-0.39, 0.29) is 5.97 Å². The number of methoxy groups -OCH3 is 1. The van der Waals surface area contributed by atoms with E-state index in [1.54, 1.807) is 6.20 Å². The number of aromatic amines is 1. The van der Waals surface area contributed by atoms with Gasteiger partial charge in [0.25, 0.3) is 0 Å². The predicted molar refractivity (Wildman–Crippen MR) is 60.8 cm³/mol. The maximum atomic E-state index is 11.5. The van der Waals surface area contributed by atoms with Crippen molar-refractivity contribution in [2.24, 2.45) is 0 Å². The van der Waals surface area contributed by atoms with Crippen molar-refractivity contribution in [3.05, 3.63) is 30.0 Å². The number of aromatic nitrogens is 1. The molecule has 0 aliphatic rings. The van der Waals surface area contributed by atoms with Crippen LogP contribution in [0.2, 0.25) is 0 Å². The van der Waals surface area contributed by atoms with Crippen LogP contribution in [0.15, 0.2) is 24.4 Å². The van der Waals surface area contributed by atoms with Gasteiger partial charge in [-0.15, -0.1) is 0 Å². The van der Waals surface area contributed by atoms with Gasteiger partial charge in [-0.2, -0.15) is 0 Å². The first kappa shape index (κ1) is 10.5. The van der Waals surface area contributed by atoms with Crippen LogP contribution in [-0.4, -0.2) is 24.7 Å². The van der Waals surface area contributed by atoms with Crippen molar-refractivity contribution in [1.82, 2.24) is 4.98 Å². The fourth-order valence-corrected chi connectivity index (χ4v) is 1.64. The highest BCUT2D eigenvalue weighted by Gasteiger charge is 2.12. The number of ether oxygens (including phenoxy) is 2. The van der Waals surface area contributed by atoms with Crippen molar-refractivity contribution < 1.29 is 14.3 Å². The molecule has 0 unspecified atom stereocenters. The molecule has 16 heavy (non-hydrogen) atoms. The van der Waals surface area contributed by atoms with Crippen molar-refractivity contribution in [2.45, 2.75) is 6.92 Å². The number of nitrogens with one attached hydrogen (secondary N) is 1. The first-order valence-corrected chi connectivity index (χ1v) is 5.08. The van der Waals surface area contributed by atoms with Gasteiger partial charge >= 0.3 is 5.97 Å². The molecule has 0 amide bonds. The monoisotopic (exact) mass is 219 g/mol. The summed E-state index contributed by atoms with van der Waals surface area (Å²) in [5.41, 5.74) is 1.42. The Morgan fingerprint density at radius 3 is 2.94 bits per heavy atom. The van der Waals surface area contributed by atoms with Crippen molar-refractivity contribution in [1.29, 1.82) is 0 Å². The van der Waals surface area contributed by atoms with Gasteiger partial charge < -0.3 is 14.5 Å². The average Bonchev–Trinajstić information content (AvgIpc) is 2.71. The smallest absolute Gasteiger partial charge is 0.340 e. The Kier molecular flexibility index (Phi) is 2.81. The molecule has 0 saturated heterocycles. The molecular formula is C12H13NO3. The molecule has 1 heterocycles. The number of hydrogen-bond acceptors (Lipinski definition) is 3. The third-order valence-corrected chi connectivity index (χ3v) is 2.37. The van der Waals surface area contributed by atoms with E-state index >= 15 is 0 Å². The van der Waals surface area contributed by atoms with Crippen LogP contribution < -0.4 is 4.74 Å². The lowest BCUT2D eigenvalue weighted by Gasteiger charge is -2.03. The van der Waals surface area contributed by atoms with Gasteiger partial charge in [0.05, 0.1) is 19.3 Å². The quantitative estimate of drug-likeness (QED) is 0.806. The van der Waals surface area contributed by atoms with E-state index in [4.69, 9.17) is 9.47 Å². The van der Waals surface area contributed by atoms with Gasteiger partial charge in [0.2, 0.25) is 0 Å². The molecule has 1 aromatic carbocycles. The first-order chi connectivity index (χ1) is 7.76. The van der Waals surface area contributed by atoms with Crippen LogP contribution >= 0.6 is 0 Å². The summed E-state index contributed by atoms with van der Waals surface area (Å²) >= 11 is 0. The fourth-order valence-electron chi connectivity index (χ4n) is 1.64. The number of esters is 1. The van der Waals surface area contributed by atoms with Crippen LogP contribution in [0.5, 0.6) is 5.75 Å². The standard InChI is InChI=1S/C12H13NO3/c1-3-16-8-4-5-11-9(6-8)10(7-13-11)12(14)15-2/h4-7,13H,3H2,1-2H3. The summed E-state index contributed by atoms with van der Waals surface area (Å²) in [6.45, 7) is 2.52. The topological polar surface area (TPSA) is 51.3 Å². The van der Waals surface area contributed by atoms with E-state index < -0.39 is 0 Å². The average molecular weight is 219 g/mol. The highest BCUT2D eigenvalue weighted by Crippen LogP contribution is 2.24. The summed E-state index contributed by atoms with van der Waals surface area (Å²) in [6, 6.07) is 5.58. The third-order valence-electron chi connectivity index (χ3n) is 2.37. The van der Waals surface area contributed by atoms with E-state index in [1.165, 1.54) is 7.11 Å². The lowest BCUT2D eigenvalue weighted by atomic mass is 10.1. The number of fused-ring (bicyclic) bond motifs is 1. The van der Waals surface area contributed by atoms with Gasteiger partial charge in [-0.1, -0.05) is 0 Å². The molecule has 4 heteroatoms. The highest BCUT2D eigenvalue weighted by atomic mass is 16.5. The van der Waals surface area contributed by atoms with Gasteiger partial charge in [-0.25, -0.2) is 4.79 Å². The van der Waals surface area contributed by atoms with Gasteiger partial charge in [-0.3, -0.25) is 0 Å². The Morgan fingerprint density at radius 2 is 2.25 bits per heavy atom. The molecule has 0 radical (unpaired) electrons. The number of hydrogen-bond donors (Lipinski definition) is 1. The predicted octanol–water partition coefficient (Wildman–Crippen LogP) is 2.35. The zero-order valence-corrected chi connectivity index (χ0v) is 9.24. The lowest BCUT2D eigenvalue weighted by molar-refractivity contribution is 0.0603. The van der Waals surface area contributed by atoms with Crippen LogP contribution in [0.4, 0.5) is 0 Å². The van der Waals surface area contributed by atoms with Crippen LogP contribution in [0.25, 0.3) is 10.9 Å². The number of carbonyl (C=O) groups is 1. The molecule has 4 nitrogen and oxygen atoms in total. The summed E-state index contributed by atoms with van der Waals surface area (Å²) < 4.78 is 10.1. The van der Waals surface area contributed by atoms with E-state index in [0.29, 0.717) is 12.2 Å². The second-order valence-electron chi connectivity index (χ2n) is 3.33. The molecule has 0 spiro atoms. The molecule has 0 atom stereocenters. The van der Waals surface area contributed by atoms with E-state index in [2.05, 4.69) is 4.98 Å². The van der Waals surface area contributed by atoms with Gasteiger partial charge in [0.1, 0.15) is 5.75 Å². The molecule has 2 aromatic rings. The Labute approximate surface area is 93.2 Å². The fraction of sp³-hybridized carbons (Fsp3) is 0.250. The number of benzene rings is 1. The minimum atomic E-state index is -0.347. The molecule has 0 aliphatic carbocycles. The van der Waals surface area contributed by atoms with Crippen molar-refractivity contribution in [3.8, 4) is 5.75 Å². The maximum Gasteiger partial charge on any atom is 0.340 e. The summed E-state index contributed by atoms with van der Waals surface area (Å²) in [5, 5.41) is 0.817. The Balaban J connectivity index is 2.51. The van der Waals surface area contributed by atoms with Crippen LogP contribution in [0.3, 0.4) is 0 Å². The Morgan fingerprint density at radius 1 is 1.44 bits per heavy atom. The molecule has 1 aromatic heterocycles. The van der Waals surface area contributed by atoms with E-state index in [9.17, 15) is 4.79 Å². The van der Waals surface area contributed by atoms with Crippen molar-refractivity contribution >= 4 is 16.9 Å². The lowest BCUT2D eigenvalue weighted by Crippen LogP contribution is -1.99. The van der Waals surface area contributed by atoms with Gasteiger partial charge in [0.15, 0.2) is 0 Å². The van der Waals surface area contributed by atoms with Gasteiger partial charge in [-0.05, 0) is 25.1 Å². The molecule has 2 rings (SSSR count). The van der Waals surface area contributed by atoms with Crippen LogP contribution in [0.1, 0.15) is 17.3 Å². The largest absolute Gasteiger partial charge is 0.494 e. The molecule has 0 bridgehead atoms. The SMILES string of the molecule is CCOc1ccc2[nH]cc(C(=O)OC)c2c1. The molecule has 0 fully saturated rings. The summed E-state index contributed by atoms with van der Waals surface area (Å²) in [4.78, 5) is 14.5. The maximum absolute atomic E-state index is 11.5. The second kappa shape index (κ2) is 4.26. The highest BCUT2D eigenvalue weighted by molar-refractivity contribution is 6.04. The Bertz CT molecular complexity index is 516. The summed E-state index contributed by atoms with van der Waals surface area (Å²) in [7, 11) is 1.37. The van der Waals surface area contributed by atoms with Gasteiger partial charge in [0, 0.05) is 17.1 Å². The van der Waals surface area contributed by atoms with Crippen LogP contribution in [-0.2, 0) is 4.74 Å². The normalized spacial score (nSPS) is 10.4. The number of H-pyrrole nitrogens is 1. The first-order valence-electron chi connectivity index (χ1n) is 5.08. The molecule has 0 aliphatic heterocycles.